The van der Waals surface area contributed by atoms with Crippen LogP contribution in [0, 0.1) is 0 Å². The molecule has 0 radical (unpaired) electrons. The average molecular weight is 216 g/mol. The summed E-state index contributed by atoms with van der Waals surface area (Å²) >= 11 is 5.77. The van der Waals surface area contributed by atoms with Crippen LogP contribution in [0.2, 0.25) is 5.02 Å². The lowest BCUT2D eigenvalue weighted by molar-refractivity contribution is -0.105. The van der Waals surface area contributed by atoms with E-state index in [1.807, 2.05) is 0 Å². The third-order valence-corrected chi connectivity index (χ3v) is 1.94. The minimum absolute atomic E-state index is 0.197. The van der Waals surface area contributed by atoms with Gasteiger partial charge in [-0.25, -0.2) is 0 Å². The molecular formula is C9H10ClNO3. The predicted octanol–water partition coefficient (Wildman–Crippen LogP) is 1.41. The number of carbonyl (C=O) groups is 1. The van der Waals surface area contributed by atoms with Crippen molar-refractivity contribution in [3.63, 3.8) is 0 Å². The second-order valence-corrected chi connectivity index (χ2v) is 3.00. The van der Waals surface area contributed by atoms with Gasteiger partial charge in [0.1, 0.15) is 5.75 Å². The zero-order valence-electron chi connectivity index (χ0n) is 7.58. The molecule has 0 heterocycles. The van der Waals surface area contributed by atoms with Crippen molar-refractivity contribution < 1.29 is 14.6 Å². The van der Waals surface area contributed by atoms with E-state index in [0.717, 1.165) is 0 Å². The molecule has 0 unspecified atom stereocenters. The zero-order valence-corrected chi connectivity index (χ0v) is 8.34. The molecule has 0 spiro atoms. The zero-order chi connectivity index (χ0) is 10.6. The third kappa shape index (κ3) is 2.16. The Morgan fingerprint density at radius 3 is 2.86 bits per heavy atom. The summed E-state index contributed by atoms with van der Waals surface area (Å²) in [4.78, 5) is 10.3. The van der Waals surface area contributed by atoms with Gasteiger partial charge in [-0.1, -0.05) is 11.6 Å². The van der Waals surface area contributed by atoms with Gasteiger partial charge >= 0.3 is 0 Å². The van der Waals surface area contributed by atoms with E-state index in [2.05, 4.69) is 5.32 Å². The van der Waals surface area contributed by atoms with Crippen LogP contribution in [-0.2, 0) is 11.4 Å². The fourth-order valence-electron chi connectivity index (χ4n) is 1.18. The Kier molecular flexibility index (Phi) is 3.73. The molecule has 0 aliphatic carbocycles. The molecular weight excluding hydrogens is 206 g/mol. The molecule has 0 fully saturated rings. The van der Waals surface area contributed by atoms with Crippen LogP contribution >= 0.6 is 11.6 Å². The van der Waals surface area contributed by atoms with Crippen LogP contribution in [0.15, 0.2) is 12.1 Å². The minimum Gasteiger partial charge on any atom is -0.494 e. The van der Waals surface area contributed by atoms with Crippen LogP contribution in [-0.4, -0.2) is 18.6 Å². The van der Waals surface area contributed by atoms with Crippen molar-refractivity contribution in [3.8, 4) is 5.75 Å². The van der Waals surface area contributed by atoms with Crippen molar-refractivity contribution in [3.05, 3.63) is 22.7 Å². The first kappa shape index (κ1) is 10.8. The molecule has 1 aromatic rings. The number of rotatable bonds is 4. The van der Waals surface area contributed by atoms with Gasteiger partial charge in [-0.3, -0.25) is 4.79 Å². The Morgan fingerprint density at radius 2 is 2.36 bits per heavy atom. The maximum Gasteiger partial charge on any atom is 0.211 e. The molecule has 0 bridgehead atoms. The number of halogens is 1. The number of carbonyl (C=O) groups excluding carboxylic acids is 1. The van der Waals surface area contributed by atoms with Crippen LogP contribution in [0.25, 0.3) is 0 Å². The molecule has 1 amide bonds. The molecule has 14 heavy (non-hydrogen) atoms. The molecule has 5 heteroatoms. The van der Waals surface area contributed by atoms with E-state index in [9.17, 15) is 4.79 Å². The fraction of sp³-hybridized carbons (Fsp3) is 0.222. The van der Waals surface area contributed by atoms with Gasteiger partial charge in [-0.05, 0) is 12.1 Å². The highest BCUT2D eigenvalue weighted by Crippen LogP contribution is 2.32. The molecule has 0 saturated carbocycles. The summed E-state index contributed by atoms with van der Waals surface area (Å²) in [6.45, 7) is -0.197. The lowest BCUT2D eigenvalue weighted by Crippen LogP contribution is -2.00. The summed E-state index contributed by atoms with van der Waals surface area (Å²) in [5.41, 5.74) is 0.975. The molecule has 4 nitrogen and oxygen atoms in total. The Hall–Kier alpha value is -1.26. The number of benzene rings is 1. The topological polar surface area (TPSA) is 58.6 Å². The normalized spacial score (nSPS) is 9.64. The highest BCUT2D eigenvalue weighted by Gasteiger charge is 2.09. The maximum atomic E-state index is 10.3. The molecule has 2 N–H and O–H groups in total. The quantitative estimate of drug-likeness (QED) is 0.747. The van der Waals surface area contributed by atoms with Crippen LogP contribution in [0.3, 0.4) is 0 Å². The van der Waals surface area contributed by atoms with Crippen molar-refractivity contribution in [1.29, 1.82) is 0 Å². The fourth-order valence-corrected chi connectivity index (χ4v) is 1.42. The molecule has 0 saturated heterocycles. The highest BCUT2D eigenvalue weighted by molar-refractivity contribution is 6.31. The number of amides is 1. The van der Waals surface area contributed by atoms with E-state index in [4.69, 9.17) is 21.4 Å². The van der Waals surface area contributed by atoms with Gasteiger partial charge in [-0.2, -0.15) is 0 Å². The summed E-state index contributed by atoms with van der Waals surface area (Å²) in [6.07, 6.45) is 0.523. The Balaban J connectivity index is 3.23. The van der Waals surface area contributed by atoms with Crippen molar-refractivity contribution in [2.75, 3.05) is 12.4 Å². The molecule has 76 valence electrons. The molecule has 1 aromatic carbocycles. The third-order valence-electron chi connectivity index (χ3n) is 1.72. The summed E-state index contributed by atoms with van der Waals surface area (Å²) < 4.78 is 5.03. The lowest BCUT2D eigenvalue weighted by atomic mass is 10.2. The SMILES string of the molecule is COc1c(CO)cc(Cl)cc1NC=O. The van der Waals surface area contributed by atoms with Gasteiger partial charge in [0.25, 0.3) is 0 Å². The van der Waals surface area contributed by atoms with Gasteiger partial charge in [-0.15, -0.1) is 0 Å². The second-order valence-electron chi connectivity index (χ2n) is 2.57. The number of methoxy groups -OCH3 is 1. The number of nitrogens with one attached hydrogen (secondary N) is 1. The average Bonchev–Trinajstić information content (AvgIpc) is 2.17. The van der Waals surface area contributed by atoms with Crippen molar-refractivity contribution in [1.82, 2.24) is 0 Å². The minimum atomic E-state index is -0.197. The molecule has 1 rings (SSSR count). The maximum absolute atomic E-state index is 10.3. The molecule has 0 aliphatic rings. The Morgan fingerprint density at radius 1 is 1.64 bits per heavy atom. The Labute approximate surface area is 86.4 Å². The van der Waals surface area contributed by atoms with E-state index in [0.29, 0.717) is 28.4 Å². The smallest absolute Gasteiger partial charge is 0.211 e. The number of aliphatic hydroxyl groups excluding tert-OH is 1. The molecule has 0 atom stereocenters. The van der Waals surface area contributed by atoms with Crippen LogP contribution in [0.1, 0.15) is 5.56 Å². The largest absolute Gasteiger partial charge is 0.494 e. The first-order valence-corrected chi connectivity index (χ1v) is 4.28. The monoisotopic (exact) mass is 215 g/mol. The van der Waals surface area contributed by atoms with E-state index < -0.39 is 0 Å². The summed E-state index contributed by atoms with van der Waals surface area (Å²) in [5, 5.41) is 11.9. The number of aliphatic hydroxyl groups is 1. The van der Waals surface area contributed by atoms with Crippen molar-refractivity contribution in [2.24, 2.45) is 0 Å². The lowest BCUT2D eigenvalue weighted by Gasteiger charge is -2.11. The van der Waals surface area contributed by atoms with E-state index in [-0.39, 0.29) is 6.61 Å². The molecule has 0 aliphatic heterocycles. The standard InChI is InChI=1S/C9H10ClNO3/c1-14-9-6(4-12)2-7(10)3-8(9)11-5-13/h2-3,5,12H,4H2,1H3,(H,11,13). The van der Waals surface area contributed by atoms with Crippen LogP contribution < -0.4 is 10.1 Å². The van der Waals surface area contributed by atoms with Crippen LogP contribution in [0.5, 0.6) is 5.75 Å². The number of ether oxygens (including phenoxy) is 1. The number of hydrogen-bond acceptors (Lipinski definition) is 3. The van der Waals surface area contributed by atoms with Gasteiger partial charge < -0.3 is 15.2 Å². The summed E-state index contributed by atoms with van der Waals surface area (Å²) in [7, 11) is 1.46. The van der Waals surface area contributed by atoms with E-state index in [1.165, 1.54) is 7.11 Å². The number of anilines is 1. The first-order chi connectivity index (χ1) is 6.72. The van der Waals surface area contributed by atoms with Gasteiger partial charge in [0.15, 0.2) is 0 Å². The number of hydrogen-bond donors (Lipinski definition) is 2. The van der Waals surface area contributed by atoms with E-state index in [1.54, 1.807) is 12.1 Å². The van der Waals surface area contributed by atoms with Gasteiger partial charge in [0.05, 0.1) is 19.4 Å². The summed E-state index contributed by atoms with van der Waals surface area (Å²) in [6, 6.07) is 3.13. The highest BCUT2D eigenvalue weighted by atomic mass is 35.5. The van der Waals surface area contributed by atoms with Crippen molar-refractivity contribution in [2.45, 2.75) is 6.61 Å². The van der Waals surface area contributed by atoms with Crippen molar-refractivity contribution >= 4 is 23.7 Å². The van der Waals surface area contributed by atoms with Gasteiger partial charge in [0, 0.05) is 10.6 Å². The van der Waals surface area contributed by atoms with E-state index >= 15 is 0 Å². The van der Waals surface area contributed by atoms with Gasteiger partial charge in [0.2, 0.25) is 6.41 Å². The predicted molar refractivity (Wildman–Crippen MR) is 53.6 cm³/mol. The Bertz CT molecular complexity index is 341. The second kappa shape index (κ2) is 4.83. The first-order valence-electron chi connectivity index (χ1n) is 3.90. The summed E-state index contributed by atoms with van der Waals surface area (Å²) in [5.74, 6) is 0.420. The molecule has 0 aromatic heterocycles. The van der Waals surface area contributed by atoms with Crippen LogP contribution in [0.4, 0.5) is 5.69 Å².